The molecular formula is C14H18INO3. The highest BCUT2D eigenvalue weighted by Gasteiger charge is 2.21. The molecule has 0 fully saturated rings. The molecule has 104 valence electrons. The molecular weight excluding hydrogens is 357 g/mol. The van der Waals surface area contributed by atoms with Gasteiger partial charge in [0, 0.05) is 15.7 Å². The van der Waals surface area contributed by atoms with Crippen LogP contribution < -0.4 is 0 Å². The van der Waals surface area contributed by atoms with Gasteiger partial charge in [0.25, 0.3) is 5.91 Å². The average Bonchev–Trinajstić information content (AvgIpc) is 2.30. The molecule has 0 aliphatic rings. The van der Waals surface area contributed by atoms with Crippen LogP contribution in [0.5, 0.6) is 0 Å². The van der Waals surface area contributed by atoms with Crippen LogP contribution in [0.3, 0.4) is 0 Å². The number of hydrogen-bond acceptors (Lipinski definition) is 2. The number of carbonyl (C=O) groups excluding carboxylic acids is 1. The lowest BCUT2D eigenvalue weighted by Crippen LogP contribution is -2.38. The number of amides is 1. The van der Waals surface area contributed by atoms with Crippen molar-refractivity contribution in [2.75, 3.05) is 13.1 Å². The molecule has 1 aromatic rings. The van der Waals surface area contributed by atoms with Crippen molar-refractivity contribution in [2.24, 2.45) is 5.92 Å². The van der Waals surface area contributed by atoms with Crippen molar-refractivity contribution in [1.29, 1.82) is 0 Å². The van der Waals surface area contributed by atoms with Crippen LogP contribution in [-0.2, 0) is 4.79 Å². The number of benzene rings is 1. The second-order valence-electron chi connectivity index (χ2n) is 4.89. The fraction of sp³-hybridized carbons (Fsp3) is 0.429. The number of carbonyl (C=O) groups is 2. The molecule has 0 saturated heterocycles. The minimum atomic E-state index is -0.989. The van der Waals surface area contributed by atoms with Gasteiger partial charge in [-0.3, -0.25) is 9.59 Å². The van der Waals surface area contributed by atoms with Gasteiger partial charge in [-0.05, 0) is 53.1 Å². The summed E-state index contributed by atoms with van der Waals surface area (Å²) >= 11 is 2.17. The van der Waals surface area contributed by atoms with E-state index in [4.69, 9.17) is 5.11 Å². The summed E-state index contributed by atoms with van der Waals surface area (Å²) in [4.78, 5) is 24.7. The Balaban J connectivity index is 3.04. The number of carboxylic acids is 1. The Kier molecular flexibility index (Phi) is 5.78. The van der Waals surface area contributed by atoms with Crippen LogP contribution in [-0.4, -0.2) is 35.0 Å². The van der Waals surface area contributed by atoms with Gasteiger partial charge >= 0.3 is 5.97 Å². The molecule has 0 aromatic heterocycles. The Hall–Kier alpha value is -1.11. The first-order chi connectivity index (χ1) is 8.82. The van der Waals surface area contributed by atoms with E-state index in [1.165, 1.54) is 4.90 Å². The summed E-state index contributed by atoms with van der Waals surface area (Å²) in [7, 11) is 0. The molecule has 4 nitrogen and oxygen atoms in total. The molecule has 0 heterocycles. The maximum Gasteiger partial charge on any atom is 0.323 e. The van der Waals surface area contributed by atoms with Gasteiger partial charge in [-0.15, -0.1) is 0 Å². The third kappa shape index (κ3) is 4.49. The number of hydrogen-bond donors (Lipinski definition) is 1. The molecule has 1 N–H and O–H groups in total. The summed E-state index contributed by atoms with van der Waals surface area (Å²) in [6, 6.07) is 5.49. The molecule has 1 rings (SSSR count). The Bertz CT molecular complexity index is 486. The van der Waals surface area contributed by atoms with Crippen molar-refractivity contribution >= 4 is 34.5 Å². The highest BCUT2D eigenvalue weighted by Crippen LogP contribution is 2.18. The maximum atomic E-state index is 12.4. The van der Waals surface area contributed by atoms with E-state index in [-0.39, 0.29) is 18.4 Å². The second-order valence-corrected chi connectivity index (χ2v) is 6.05. The molecule has 0 saturated carbocycles. The summed E-state index contributed by atoms with van der Waals surface area (Å²) in [5.74, 6) is -0.976. The van der Waals surface area contributed by atoms with E-state index in [0.29, 0.717) is 12.1 Å². The first-order valence-electron chi connectivity index (χ1n) is 6.09. The van der Waals surface area contributed by atoms with Gasteiger partial charge < -0.3 is 10.0 Å². The molecule has 1 amide bonds. The standard InChI is InChI=1S/C14H18INO3/c1-9(2)7-16(8-13(17)18)14(19)11-5-4-6-12(15)10(11)3/h4-6,9H,7-8H2,1-3H3,(H,17,18). The lowest BCUT2D eigenvalue weighted by molar-refractivity contribution is -0.137. The molecule has 0 aliphatic heterocycles. The first-order valence-corrected chi connectivity index (χ1v) is 7.17. The zero-order valence-corrected chi connectivity index (χ0v) is 13.5. The summed E-state index contributed by atoms with van der Waals surface area (Å²) in [6.45, 7) is 5.98. The maximum absolute atomic E-state index is 12.4. The van der Waals surface area contributed by atoms with Crippen molar-refractivity contribution in [2.45, 2.75) is 20.8 Å². The van der Waals surface area contributed by atoms with Gasteiger partial charge in [-0.2, -0.15) is 0 Å². The third-order valence-corrected chi connectivity index (χ3v) is 3.87. The van der Waals surface area contributed by atoms with Crippen molar-refractivity contribution in [3.8, 4) is 0 Å². The van der Waals surface area contributed by atoms with E-state index in [9.17, 15) is 9.59 Å². The van der Waals surface area contributed by atoms with E-state index >= 15 is 0 Å². The summed E-state index contributed by atoms with van der Waals surface area (Å²) in [5.41, 5.74) is 1.47. The fourth-order valence-corrected chi connectivity index (χ4v) is 2.33. The number of carboxylic acid groups (broad SMARTS) is 1. The van der Waals surface area contributed by atoms with E-state index in [0.717, 1.165) is 9.13 Å². The van der Waals surface area contributed by atoms with Crippen molar-refractivity contribution in [3.05, 3.63) is 32.9 Å². The van der Waals surface area contributed by atoms with Crippen LogP contribution in [0.1, 0.15) is 29.8 Å². The van der Waals surface area contributed by atoms with Crippen molar-refractivity contribution in [3.63, 3.8) is 0 Å². The SMILES string of the molecule is Cc1c(I)cccc1C(=O)N(CC(=O)O)CC(C)C. The lowest BCUT2D eigenvalue weighted by atomic mass is 10.1. The van der Waals surface area contributed by atoms with E-state index in [1.807, 2.05) is 32.9 Å². The van der Waals surface area contributed by atoms with E-state index in [1.54, 1.807) is 6.07 Å². The zero-order chi connectivity index (χ0) is 14.6. The number of halogens is 1. The van der Waals surface area contributed by atoms with Gasteiger partial charge in [-0.1, -0.05) is 19.9 Å². The quantitative estimate of drug-likeness (QED) is 0.806. The molecule has 0 aliphatic carbocycles. The van der Waals surface area contributed by atoms with Crippen LogP contribution in [0.2, 0.25) is 0 Å². The third-order valence-electron chi connectivity index (χ3n) is 2.70. The monoisotopic (exact) mass is 375 g/mol. The Morgan fingerprint density at radius 2 is 2.00 bits per heavy atom. The smallest absolute Gasteiger partial charge is 0.323 e. The Labute approximate surface area is 126 Å². The van der Waals surface area contributed by atoms with Crippen molar-refractivity contribution < 1.29 is 14.7 Å². The minimum Gasteiger partial charge on any atom is -0.480 e. The summed E-state index contributed by atoms with van der Waals surface area (Å²) in [5, 5.41) is 8.92. The predicted molar refractivity (Wildman–Crippen MR) is 82.3 cm³/mol. The lowest BCUT2D eigenvalue weighted by Gasteiger charge is -2.23. The molecule has 1 aromatic carbocycles. The highest BCUT2D eigenvalue weighted by molar-refractivity contribution is 14.1. The first kappa shape index (κ1) is 15.9. The molecule has 5 heteroatoms. The van der Waals surface area contributed by atoms with Crippen LogP contribution >= 0.6 is 22.6 Å². The van der Waals surface area contributed by atoms with Crippen LogP contribution in [0.4, 0.5) is 0 Å². The molecule has 0 atom stereocenters. The van der Waals surface area contributed by atoms with Gasteiger partial charge in [0.1, 0.15) is 6.54 Å². The van der Waals surface area contributed by atoms with E-state index in [2.05, 4.69) is 22.6 Å². The topological polar surface area (TPSA) is 57.6 Å². The minimum absolute atomic E-state index is 0.216. The molecule has 0 radical (unpaired) electrons. The number of aliphatic carboxylic acids is 1. The highest BCUT2D eigenvalue weighted by atomic mass is 127. The van der Waals surface area contributed by atoms with Crippen molar-refractivity contribution in [1.82, 2.24) is 4.90 Å². The predicted octanol–water partition coefficient (Wildman–Crippen LogP) is 2.78. The number of rotatable bonds is 5. The summed E-state index contributed by atoms with van der Waals surface area (Å²) < 4.78 is 1.00. The van der Waals surface area contributed by atoms with Crippen LogP contribution in [0.25, 0.3) is 0 Å². The Morgan fingerprint density at radius 1 is 1.37 bits per heavy atom. The molecule has 0 bridgehead atoms. The van der Waals surface area contributed by atoms with Gasteiger partial charge in [0.15, 0.2) is 0 Å². The van der Waals surface area contributed by atoms with Crippen LogP contribution in [0.15, 0.2) is 18.2 Å². The fourth-order valence-electron chi connectivity index (χ4n) is 1.83. The second kappa shape index (κ2) is 6.88. The van der Waals surface area contributed by atoms with Gasteiger partial charge in [0.2, 0.25) is 0 Å². The Morgan fingerprint density at radius 3 is 2.53 bits per heavy atom. The van der Waals surface area contributed by atoms with E-state index < -0.39 is 5.97 Å². The summed E-state index contributed by atoms with van der Waals surface area (Å²) in [6.07, 6.45) is 0. The van der Waals surface area contributed by atoms with Crippen LogP contribution in [0, 0.1) is 16.4 Å². The largest absolute Gasteiger partial charge is 0.480 e. The normalized spacial score (nSPS) is 10.6. The molecule has 19 heavy (non-hydrogen) atoms. The zero-order valence-electron chi connectivity index (χ0n) is 11.3. The van der Waals surface area contributed by atoms with Gasteiger partial charge in [0.05, 0.1) is 0 Å². The number of nitrogens with zero attached hydrogens (tertiary/aromatic N) is 1. The molecule has 0 spiro atoms. The average molecular weight is 375 g/mol. The molecule has 0 unspecified atom stereocenters. The van der Waals surface area contributed by atoms with Gasteiger partial charge in [-0.25, -0.2) is 0 Å².